The summed E-state index contributed by atoms with van der Waals surface area (Å²) in [6.07, 6.45) is -17.0. The Hall–Kier alpha value is -3.90. The zero-order chi connectivity index (χ0) is 31.8. The Morgan fingerprint density at radius 2 is 1.31 bits per heavy atom. The summed E-state index contributed by atoms with van der Waals surface area (Å²) in [4.78, 5) is 12.8. The molecule has 1 unspecified atom stereocenters. The number of alkyl halides is 9. The van der Waals surface area contributed by atoms with E-state index in [2.05, 4.69) is 0 Å². The molecule has 0 bridgehead atoms. The van der Waals surface area contributed by atoms with Gasteiger partial charge in [-0.3, -0.25) is 4.90 Å². The summed E-state index contributed by atoms with van der Waals surface area (Å²) in [6.45, 7) is 3.96. The van der Waals surface area contributed by atoms with E-state index in [0.29, 0.717) is 28.7 Å². The summed E-state index contributed by atoms with van der Waals surface area (Å²) >= 11 is 0. The molecule has 0 aromatic heterocycles. The van der Waals surface area contributed by atoms with Gasteiger partial charge in [0.1, 0.15) is 5.75 Å². The molecule has 1 atom stereocenters. The molecule has 3 aromatic carbocycles. The van der Waals surface area contributed by atoms with Crippen molar-refractivity contribution in [2.24, 2.45) is 0 Å². The van der Waals surface area contributed by atoms with Gasteiger partial charge < -0.3 is 9.84 Å². The highest BCUT2D eigenvalue weighted by Gasteiger charge is 2.38. The highest BCUT2D eigenvalue weighted by atomic mass is 19.4. The summed E-state index contributed by atoms with van der Waals surface area (Å²) in [5, 5.41) is 9.97. The normalized spacial score (nSPS) is 13.3. The quantitative estimate of drug-likeness (QED) is 0.272. The molecule has 0 saturated heterocycles. The van der Waals surface area contributed by atoms with Gasteiger partial charge in [0.05, 0.1) is 29.8 Å². The number of methoxy groups -OCH3 is 1. The molecule has 0 spiro atoms. The monoisotopic (exact) mass is 607 g/mol. The minimum absolute atomic E-state index is 0.00997. The fourth-order valence-electron chi connectivity index (χ4n) is 4.47. The number of carbonyl (C=O) groups is 1. The number of benzene rings is 3. The average molecular weight is 608 g/mol. The maximum absolute atomic E-state index is 13.7. The lowest BCUT2D eigenvalue weighted by molar-refractivity contribution is -0.143. The van der Waals surface area contributed by atoms with Crippen LogP contribution in [0.15, 0.2) is 54.6 Å². The third kappa shape index (κ3) is 7.29. The molecule has 3 aromatic rings. The number of carboxylic acid groups (broad SMARTS) is 1. The predicted molar refractivity (Wildman–Crippen MR) is 136 cm³/mol. The second kappa shape index (κ2) is 11.8. The first kappa shape index (κ1) is 32.6. The topological polar surface area (TPSA) is 49.8 Å². The van der Waals surface area contributed by atoms with E-state index in [9.17, 15) is 49.4 Å². The molecular formula is C29H26F9NO3. The van der Waals surface area contributed by atoms with Crippen molar-refractivity contribution in [2.75, 3.05) is 7.11 Å². The molecule has 0 aliphatic rings. The molecular weight excluding hydrogens is 581 g/mol. The zero-order valence-electron chi connectivity index (χ0n) is 22.7. The standard InChI is InChI=1S/C29H26F9NO3/c1-15(2)18-5-8-25(42-4)24(11-18)22-7-6-19(27(30,31)32)13-23(22)16(3)39(26(40)41)14-17-9-20(28(33,34)35)12-21(10-17)29(36,37)38/h5-13,15-16H,14H2,1-4H3,(H,40,41). The van der Waals surface area contributed by atoms with Crippen molar-refractivity contribution < 1.29 is 54.2 Å². The minimum Gasteiger partial charge on any atom is -0.496 e. The Kier molecular flexibility index (Phi) is 9.14. The highest BCUT2D eigenvalue weighted by Crippen LogP contribution is 2.42. The zero-order valence-corrected chi connectivity index (χ0v) is 22.7. The van der Waals surface area contributed by atoms with Gasteiger partial charge in [-0.2, -0.15) is 39.5 Å². The summed E-state index contributed by atoms with van der Waals surface area (Å²) < 4.78 is 127. The van der Waals surface area contributed by atoms with Crippen molar-refractivity contribution in [1.82, 2.24) is 4.90 Å². The van der Waals surface area contributed by atoms with E-state index in [0.717, 1.165) is 17.7 Å². The largest absolute Gasteiger partial charge is 0.496 e. The Bertz CT molecular complexity index is 1410. The molecule has 13 heteroatoms. The third-order valence-electron chi connectivity index (χ3n) is 6.72. The SMILES string of the molecule is COc1ccc(C(C)C)cc1-c1ccc(C(F)(F)F)cc1C(C)N(Cc1cc(C(F)(F)F)cc(C(F)(F)F)c1)C(=O)O. The predicted octanol–water partition coefficient (Wildman–Crippen LogP) is 9.78. The third-order valence-corrected chi connectivity index (χ3v) is 6.72. The fourth-order valence-corrected chi connectivity index (χ4v) is 4.47. The van der Waals surface area contributed by atoms with Crippen LogP contribution in [-0.4, -0.2) is 23.2 Å². The van der Waals surface area contributed by atoms with Crippen LogP contribution in [0.2, 0.25) is 0 Å². The first-order valence-corrected chi connectivity index (χ1v) is 12.4. The van der Waals surface area contributed by atoms with Crippen molar-refractivity contribution >= 4 is 6.09 Å². The second-order valence-corrected chi connectivity index (χ2v) is 9.91. The van der Waals surface area contributed by atoms with E-state index in [-0.39, 0.29) is 28.9 Å². The smallest absolute Gasteiger partial charge is 0.416 e. The molecule has 3 rings (SSSR count). The van der Waals surface area contributed by atoms with E-state index >= 15 is 0 Å². The Morgan fingerprint density at radius 1 is 0.762 bits per heavy atom. The van der Waals surface area contributed by atoms with E-state index in [1.165, 1.54) is 14.0 Å². The van der Waals surface area contributed by atoms with Gasteiger partial charge in [-0.15, -0.1) is 0 Å². The lowest BCUT2D eigenvalue weighted by Gasteiger charge is -2.30. The van der Waals surface area contributed by atoms with Gasteiger partial charge in [-0.1, -0.05) is 26.0 Å². The van der Waals surface area contributed by atoms with E-state index in [1.807, 2.05) is 13.8 Å². The van der Waals surface area contributed by atoms with E-state index < -0.39 is 59.5 Å². The van der Waals surface area contributed by atoms with Crippen molar-refractivity contribution in [1.29, 1.82) is 0 Å². The van der Waals surface area contributed by atoms with Gasteiger partial charge in [0.2, 0.25) is 0 Å². The van der Waals surface area contributed by atoms with Crippen LogP contribution in [0.5, 0.6) is 5.75 Å². The van der Waals surface area contributed by atoms with Gasteiger partial charge in [0.25, 0.3) is 0 Å². The number of halogens is 9. The molecule has 1 N–H and O–H groups in total. The van der Waals surface area contributed by atoms with Gasteiger partial charge in [-0.05, 0) is 77.6 Å². The van der Waals surface area contributed by atoms with Crippen LogP contribution in [0.1, 0.15) is 66.1 Å². The van der Waals surface area contributed by atoms with E-state index in [4.69, 9.17) is 4.74 Å². The van der Waals surface area contributed by atoms with Gasteiger partial charge >= 0.3 is 24.6 Å². The summed E-state index contributed by atoms with van der Waals surface area (Å²) in [5.74, 6) is 0.242. The number of rotatable bonds is 7. The average Bonchev–Trinajstić information content (AvgIpc) is 2.88. The molecule has 0 heterocycles. The van der Waals surface area contributed by atoms with Crippen molar-refractivity contribution in [3.8, 4) is 16.9 Å². The lowest BCUT2D eigenvalue weighted by atomic mass is 9.89. The molecule has 0 radical (unpaired) electrons. The molecule has 0 saturated carbocycles. The van der Waals surface area contributed by atoms with Crippen LogP contribution in [0.25, 0.3) is 11.1 Å². The molecule has 42 heavy (non-hydrogen) atoms. The van der Waals surface area contributed by atoms with Gasteiger partial charge in [-0.25, -0.2) is 4.79 Å². The van der Waals surface area contributed by atoms with Crippen LogP contribution in [0, 0.1) is 0 Å². The molecule has 1 amide bonds. The molecule has 0 aliphatic heterocycles. The van der Waals surface area contributed by atoms with Gasteiger partial charge in [0, 0.05) is 12.1 Å². The first-order valence-electron chi connectivity index (χ1n) is 12.4. The van der Waals surface area contributed by atoms with Gasteiger partial charge in [0.15, 0.2) is 0 Å². The number of hydrogen-bond acceptors (Lipinski definition) is 2. The Labute approximate surface area is 235 Å². The van der Waals surface area contributed by atoms with Crippen molar-refractivity contribution in [2.45, 2.75) is 57.8 Å². The molecule has 0 aliphatic carbocycles. The molecule has 4 nitrogen and oxygen atoms in total. The Morgan fingerprint density at radius 3 is 1.76 bits per heavy atom. The fraction of sp³-hybridized carbons (Fsp3) is 0.345. The van der Waals surface area contributed by atoms with Crippen LogP contribution in [0.4, 0.5) is 44.3 Å². The summed E-state index contributed by atoms with van der Waals surface area (Å²) in [5.41, 5.74) is -4.03. The van der Waals surface area contributed by atoms with Crippen molar-refractivity contribution in [3.63, 3.8) is 0 Å². The second-order valence-electron chi connectivity index (χ2n) is 9.91. The number of nitrogens with zero attached hydrogens (tertiary/aromatic N) is 1. The van der Waals surface area contributed by atoms with E-state index in [1.54, 1.807) is 18.2 Å². The first-order chi connectivity index (χ1) is 19.2. The van der Waals surface area contributed by atoms with Crippen LogP contribution < -0.4 is 4.74 Å². The summed E-state index contributed by atoms with van der Waals surface area (Å²) in [7, 11) is 1.33. The summed E-state index contributed by atoms with van der Waals surface area (Å²) in [6, 6.07) is 6.82. The Balaban J connectivity index is 2.23. The lowest BCUT2D eigenvalue weighted by Crippen LogP contribution is -2.32. The van der Waals surface area contributed by atoms with Crippen LogP contribution >= 0.6 is 0 Å². The maximum atomic E-state index is 13.7. The number of hydrogen-bond donors (Lipinski definition) is 1. The minimum atomic E-state index is -5.18. The molecule has 0 fully saturated rings. The highest BCUT2D eigenvalue weighted by molar-refractivity contribution is 5.76. The van der Waals surface area contributed by atoms with Crippen LogP contribution in [-0.2, 0) is 25.1 Å². The molecule has 228 valence electrons. The maximum Gasteiger partial charge on any atom is 0.416 e. The number of amides is 1. The van der Waals surface area contributed by atoms with Crippen molar-refractivity contribution in [3.05, 3.63) is 88.0 Å². The number of ether oxygens (including phenoxy) is 1. The van der Waals surface area contributed by atoms with Crippen LogP contribution in [0.3, 0.4) is 0 Å².